The number of anilines is 1. The number of benzene rings is 1. The Kier molecular flexibility index (Phi) is 4.77. The van der Waals surface area contributed by atoms with Crippen LogP contribution in [0.5, 0.6) is 0 Å². The van der Waals surface area contributed by atoms with Gasteiger partial charge in [-0.3, -0.25) is 15.7 Å². The molecule has 12 heteroatoms. The van der Waals surface area contributed by atoms with E-state index in [-0.39, 0.29) is 46.9 Å². The van der Waals surface area contributed by atoms with E-state index in [1.54, 1.807) is 6.07 Å². The van der Waals surface area contributed by atoms with E-state index in [9.17, 15) is 18.0 Å². The number of halogens is 1. The van der Waals surface area contributed by atoms with Gasteiger partial charge in [0.1, 0.15) is 5.82 Å². The number of nitrogens with two attached hydrogens (primary N) is 1. The van der Waals surface area contributed by atoms with Gasteiger partial charge in [0.25, 0.3) is 0 Å². The van der Waals surface area contributed by atoms with Gasteiger partial charge in [0.2, 0.25) is 15.8 Å². The SMILES string of the molecule is NS(=O)(=O)CC1CC(Nc2nonc2C(=N[C@H]2Cc3ccc(F)cc32)NO)C1. The smallest absolute Gasteiger partial charge is 0.209 e. The fourth-order valence-corrected chi connectivity index (χ4v) is 4.54. The second-order valence-electron chi connectivity index (χ2n) is 7.12. The normalized spacial score (nSPS) is 24.1. The van der Waals surface area contributed by atoms with E-state index in [1.807, 2.05) is 5.48 Å². The molecule has 2 aliphatic rings. The third-order valence-corrected chi connectivity index (χ3v) is 5.96. The number of hydroxylamine groups is 1. The average molecular weight is 410 g/mol. The third kappa shape index (κ3) is 3.84. The summed E-state index contributed by atoms with van der Waals surface area (Å²) in [6, 6.07) is 4.20. The van der Waals surface area contributed by atoms with E-state index >= 15 is 0 Å². The number of sulfonamides is 1. The molecule has 0 saturated heterocycles. The van der Waals surface area contributed by atoms with E-state index in [2.05, 4.69) is 20.6 Å². The van der Waals surface area contributed by atoms with Crippen LogP contribution in [-0.4, -0.2) is 41.6 Å². The zero-order valence-electron chi connectivity index (χ0n) is 14.7. The second-order valence-corrected chi connectivity index (χ2v) is 8.78. The van der Waals surface area contributed by atoms with Crippen molar-refractivity contribution in [2.45, 2.75) is 31.3 Å². The highest BCUT2D eigenvalue weighted by atomic mass is 32.2. The molecule has 1 aromatic carbocycles. The summed E-state index contributed by atoms with van der Waals surface area (Å²) in [7, 11) is -3.50. The monoisotopic (exact) mass is 410 g/mol. The highest BCUT2D eigenvalue weighted by Crippen LogP contribution is 2.37. The molecule has 2 aliphatic carbocycles. The van der Waals surface area contributed by atoms with Crippen molar-refractivity contribution in [3.63, 3.8) is 0 Å². The van der Waals surface area contributed by atoms with Crippen LogP contribution in [0.15, 0.2) is 27.8 Å². The Balaban J connectivity index is 1.44. The van der Waals surface area contributed by atoms with Crippen LogP contribution >= 0.6 is 0 Å². The van der Waals surface area contributed by atoms with Crippen molar-refractivity contribution in [1.29, 1.82) is 0 Å². The van der Waals surface area contributed by atoms with Gasteiger partial charge in [-0.1, -0.05) is 6.07 Å². The lowest BCUT2D eigenvalue weighted by Crippen LogP contribution is -2.40. The molecular formula is C16H19FN6O4S. The first-order valence-electron chi connectivity index (χ1n) is 8.68. The van der Waals surface area contributed by atoms with E-state index in [0.717, 1.165) is 11.1 Å². The molecule has 28 heavy (non-hydrogen) atoms. The molecule has 2 aromatic rings. The Morgan fingerprint density at radius 2 is 2.18 bits per heavy atom. The predicted octanol–water partition coefficient (Wildman–Crippen LogP) is 0.711. The number of aliphatic imine (C=N–C) groups is 1. The minimum atomic E-state index is -3.50. The van der Waals surface area contributed by atoms with E-state index in [4.69, 9.17) is 9.77 Å². The van der Waals surface area contributed by atoms with Crippen molar-refractivity contribution in [3.05, 3.63) is 40.8 Å². The molecule has 1 atom stereocenters. The molecule has 1 saturated carbocycles. The molecule has 1 fully saturated rings. The van der Waals surface area contributed by atoms with Crippen molar-refractivity contribution in [3.8, 4) is 0 Å². The van der Waals surface area contributed by atoms with Crippen LogP contribution in [0, 0.1) is 11.7 Å². The Hall–Kier alpha value is -2.57. The number of aromatic nitrogens is 2. The zero-order chi connectivity index (χ0) is 19.9. The maximum atomic E-state index is 13.4. The molecular weight excluding hydrogens is 391 g/mol. The van der Waals surface area contributed by atoms with Gasteiger partial charge in [-0.2, -0.15) is 0 Å². The molecule has 1 aromatic heterocycles. The molecule has 0 bridgehead atoms. The van der Waals surface area contributed by atoms with Gasteiger partial charge in [0.15, 0.2) is 11.5 Å². The van der Waals surface area contributed by atoms with Crippen molar-refractivity contribution >= 4 is 21.7 Å². The highest BCUT2D eigenvalue weighted by Gasteiger charge is 2.34. The molecule has 5 N–H and O–H groups in total. The zero-order valence-corrected chi connectivity index (χ0v) is 15.5. The number of hydrogen-bond donors (Lipinski definition) is 4. The van der Waals surface area contributed by atoms with Gasteiger partial charge in [-0.25, -0.2) is 22.6 Å². The lowest BCUT2D eigenvalue weighted by molar-refractivity contribution is 0.232. The number of nitrogens with one attached hydrogen (secondary N) is 2. The topological polar surface area (TPSA) is 156 Å². The van der Waals surface area contributed by atoms with E-state index < -0.39 is 10.0 Å². The van der Waals surface area contributed by atoms with Crippen LogP contribution < -0.4 is 15.9 Å². The van der Waals surface area contributed by atoms with Crippen LogP contribution in [0.3, 0.4) is 0 Å². The summed E-state index contributed by atoms with van der Waals surface area (Å²) in [6.45, 7) is 0. The largest absolute Gasteiger partial charge is 0.362 e. The van der Waals surface area contributed by atoms with Crippen LogP contribution in [-0.2, 0) is 16.4 Å². The lowest BCUT2D eigenvalue weighted by Gasteiger charge is -2.35. The third-order valence-electron chi connectivity index (χ3n) is 5.03. The number of primary sulfonamides is 1. The minimum absolute atomic E-state index is 0.0127. The van der Waals surface area contributed by atoms with Crippen molar-refractivity contribution in [1.82, 2.24) is 15.8 Å². The summed E-state index contributed by atoms with van der Waals surface area (Å²) in [5, 5.41) is 25.2. The fourth-order valence-electron chi connectivity index (χ4n) is 3.61. The molecule has 150 valence electrons. The summed E-state index contributed by atoms with van der Waals surface area (Å²) in [5.74, 6) is -0.0948. The maximum Gasteiger partial charge on any atom is 0.209 e. The van der Waals surface area contributed by atoms with E-state index in [0.29, 0.717) is 19.3 Å². The number of nitrogens with zero attached hydrogens (tertiary/aromatic N) is 3. The summed E-state index contributed by atoms with van der Waals surface area (Å²) in [4.78, 5) is 4.39. The minimum Gasteiger partial charge on any atom is -0.362 e. The summed E-state index contributed by atoms with van der Waals surface area (Å²) in [6.07, 6.45) is 1.83. The highest BCUT2D eigenvalue weighted by molar-refractivity contribution is 7.89. The molecule has 0 radical (unpaired) electrons. The van der Waals surface area contributed by atoms with Crippen molar-refractivity contribution in [2.75, 3.05) is 11.1 Å². The van der Waals surface area contributed by atoms with Crippen LogP contribution in [0.25, 0.3) is 0 Å². The Morgan fingerprint density at radius 1 is 1.39 bits per heavy atom. The Morgan fingerprint density at radius 3 is 2.89 bits per heavy atom. The van der Waals surface area contributed by atoms with Crippen LogP contribution in [0.1, 0.15) is 35.7 Å². The van der Waals surface area contributed by atoms with Crippen molar-refractivity contribution in [2.24, 2.45) is 16.0 Å². The van der Waals surface area contributed by atoms with Gasteiger partial charge < -0.3 is 5.32 Å². The van der Waals surface area contributed by atoms with Crippen molar-refractivity contribution < 1.29 is 22.6 Å². The second kappa shape index (κ2) is 7.11. The first-order chi connectivity index (χ1) is 13.3. The van der Waals surface area contributed by atoms with Gasteiger partial charge in [0, 0.05) is 6.04 Å². The molecule has 0 spiro atoms. The fraction of sp³-hybridized carbons (Fsp3) is 0.438. The number of hydrogen-bond acceptors (Lipinski definition) is 8. The maximum absolute atomic E-state index is 13.4. The summed E-state index contributed by atoms with van der Waals surface area (Å²) < 4.78 is 40.4. The first-order valence-corrected chi connectivity index (χ1v) is 10.4. The molecule has 1 heterocycles. The van der Waals surface area contributed by atoms with Gasteiger partial charge in [0.05, 0.1) is 11.8 Å². The van der Waals surface area contributed by atoms with Gasteiger partial charge in [-0.15, -0.1) is 0 Å². The quantitative estimate of drug-likeness (QED) is 0.308. The Labute approximate surface area is 160 Å². The molecule has 0 unspecified atom stereocenters. The summed E-state index contributed by atoms with van der Waals surface area (Å²) in [5.41, 5.74) is 3.93. The van der Waals surface area contributed by atoms with Crippen LogP contribution in [0.2, 0.25) is 0 Å². The van der Waals surface area contributed by atoms with E-state index in [1.165, 1.54) is 12.1 Å². The predicted molar refractivity (Wildman–Crippen MR) is 96.7 cm³/mol. The standard InChI is InChI=1S/C16H19FN6O4S/c17-10-2-1-9-5-13(12(9)6-10)20-15(21-24)14-16(23-27-22-14)19-11-3-8(4-11)7-28(18,25)26/h1-2,6,8,11,13,24H,3-5,7H2,(H,19,23)(H,20,21)(H2,18,25,26)/t8?,11?,13-/m0/s1. The first kappa shape index (κ1) is 18.8. The number of rotatable bonds is 6. The number of fused-ring (bicyclic) bond motifs is 1. The van der Waals surface area contributed by atoms with Crippen LogP contribution in [0.4, 0.5) is 10.2 Å². The number of amidine groups is 1. The molecule has 4 rings (SSSR count). The van der Waals surface area contributed by atoms with Gasteiger partial charge in [-0.05, 0) is 58.8 Å². The molecule has 0 amide bonds. The summed E-state index contributed by atoms with van der Waals surface area (Å²) >= 11 is 0. The lowest BCUT2D eigenvalue weighted by atomic mass is 9.81. The molecule has 10 nitrogen and oxygen atoms in total. The molecule has 0 aliphatic heterocycles. The average Bonchev–Trinajstić information content (AvgIpc) is 3.03. The Bertz CT molecular complexity index is 1020. The van der Waals surface area contributed by atoms with Gasteiger partial charge >= 0.3 is 0 Å².